The quantitative estimate of drug-likeness (QED) is 0.739. The standard InChI is InChI=1S/C19H19BrN2O2/c1-14-4-7-17(12-15(14)2)22(11-3-10-21)19(23)13-24-18-8-5-16(20)6-9-18/h4-9,12H,3,11,13H2,1-2H3. The summed E-state index contributed by atoms with van der Waals surface area (Å²) in [6.07, 6.45) is 0.275. The van der Waals surface area contributed by atoms with Gasteiger partial charge < -0.3 is 9.64 Å². The molecule has 5 heteroatoms. The second-order valence-corrected chi connectivity index (χ2v) is 6.38. The van der Waals surface area contributed by atoms with E-state index in [1.165, 1.54) is 0 Å². The molecule has 0 atom stereocenters. The van der Waals surface area contributed by atoms with Gasteiger partial charge in [0.05, 0.1) is 12.5 Å². The summed E-state index contributed by atoms with van der Waals surface area (Å²) < 4.78 is 6.52. The van der Waals surface area contributed by atoms with Crippen LogP contribution in [0.5, 0.6) is 5.75 Å². The lowest BCUT2D eigenvalue weighted by molar-refractivity contribution is -0.120. The summed E-state index contributed by atoms with van der Waals surface area (Å²) in [6, 6.07) is 15.2. The number of carbonyl (C=O) groups is 1. The molecule has 0 aliphatic carbocycles. The minimum Gasteiger partial charge on any atom is -0.484 e. The Morgan fingerprint density at radius 1 is 1.17 bits per heavy atom. The summed E-state index contributed by atoms with van der Waals surface area (Å²) in [5.41, 5.74) is 3.06. The van der Waals surface area contributed by atoms with Crippen molar-refractivity contribution in [2.75, 3.05) is 18.1 Å². The van der Waals surface area contributed by atoms with Gasteiger partial charge in [0.2, 0.25) is 0 Å². The van der Waals surface area contributed by atoms with Crippen molar-refractivity contribution in [3.8, 4) is 11.8 Å². The zero-order valence-electron chi connectivity index (χ0n) is 13.8. The van der Waals surface area contributed by atoms with Crippen molar-refractivity contribution in [3.63, 3.8) is 0 Å². The summed E-state index contributed by atoms with van der Waals surface area (Å²) in [5, 5.41) is 8.85. The number of amides is 1. The van der Waals surface area contributed by atoms with E-state index in [1.807, 2.05) is 44.2 Å². The van der Waals surface area contributed by atoms with Gasteiger partial charge in [-0.25, -0.2) is 0 Å². The van der Waals surface area contributed by atoms with Gasteiger partial charge in [0, 0.05) is 16.7 Å². The number of ether oxygens (including phenoxy) is 1. The molecule has 0 aliphatic heterocycles. The van der Waals surface area contributed by atoms with Gasteiger partial charge in [-0.2, -0.15) is 5.26 Å². The highest BCUT2D eigenvalue weighted by atomic mass is 79.9. The van der Waals surface area contributed by atoms with Crippen molar-refractivity contribution in [1.29, 1.82) is 5.26 Å². The second-order valence-electron chi connectivity index (χ2n) is 5.46. The van der Waals surface area contributed by atoms with E-state index in [1.54, 1.807) is 17.0 Å². The van der Waals surface area contributed by atoms with E-state index in [9.17, 15) is 4.79 Å². The van der Waals surface area contributed by atoms with E-state index in [2.05, 4.69) is 22.0 Å². The molecular weight excluding hydrogens is 368 g/mol. The van der Waals surface area contributed by atoms with Crippen LogP contribution in [0, 0.1) is 25.2 Å². The Morgan fingerprint density at radius 2 is 1.88 bits per heavy atom. The average Bonchev–Trinajstić information content (AvgIpc) is 2.57. The fraction of sp³-hybridized carbons (Fsp3) is 0.263. The molecule has 0 fully saturated rings. The minimum absolute atomic E-state index is 0.0695. The van der Waals surface area contributed by atoms with Gasteiger partial charge in [-0.1, -0.05) is 22.0 Å². The molecule has 0 aliphatic rings. The van der Waals surface area contributed by atoms with E-state index in [4.69, 9.17) is 10.00 Å². The van der Waals surface area contributed by atoms with Gasteiger partial charge in [-0.3, -0.25) is 4.79 Å². The van der Waals surface area contributed by atoms with Crippen LogP contribution in [0.15, 0.2) is 46.9 Å². The highest BCUT2D eigenvalue weighted by Gasteiger charge is 2.16. The number of hydrogen-bond donors (Lipinski definition) is 0. The maximum Gasteiger partial charge on any atom is 0.264 e. The third-order valence-corrected chi connectivity index (χ3v) is 4.26. The average molecular weight is 387 g/mol. The van der Waals surface area contributed by atoms with Gasteiger partial charge in [0.25, 0.3) is 5.91 Å². The van der Waals surface area contributed by atoms with Crippen molar-refractivity contribution in [1.82, 2.24) is 0 Å². The van der Waals surface area contributed by atoms with Gasteiger partial charge in [-0.05, 0) is 61.4 Å². The predicted octanol–water partition coefficient (Wildman–Crippen LogP) is 4.39. The first-order chi connectivity index (χ1) is 11.5. The molecule has 0 bridgehead atoms. The number of aryl methyl sites for hydroxylation is 2. The molecule has 1 amide bonds. The van der Waals surface area contributed by atoms with Crippen LogP contribution in [0.4, 0.5) is 5.69 Å². The Morgan fingerprint density at radius 3 is 2.50 bits per heavy atom. The van der Waals surface area contributed by atoms with Gasteiger partial charge in [-0.15, -0.1) is 0 Å². The lowest BCUT2D eigenvalue weighted by Crippen LogP contribution is -2.35. The first-order valence-corrected chi connectivity index (χ1v) is 8.43. The van der Waals surface area contributed by atoms with Crippen LogP contribution in [0.25, 0.3) is 0 Å². The maximum atomic E-state index is 12.6. The smallest absolute Gasteiger partial charge is 0.264 e. The number of halogens is 1. The second kappa shape index (κ2) is 8.51. The predicted molar refractivity (Wildman–Crippen MR) is 98.1 cm³/mol. The number of benzene rings is 2. The summed E-state index contributed by atoms with van der Waals surface area (Å²) in [6.45, 7) is 4.31. The van der Waals surface area contributed by atoms with Crippen LogP contribution < -0.4 is 9.64 Å². The molecule has 24 heavy (non-hydrogen) atoms. The van der Waals surface area contributed by atoms with Crippen LogP contribution >= 0.6 is 15.9 Å². The summed E-state index contributed by atoms with van der Waals surface area (Å²) in [7, 11) is 0. The van der Waals surface area contributed by atoms with Gasteiger partial charge in [0.1, 0.15) is 5.75 Å². The number of hydrogen-bond acceptors (Lipinski definition) is 3. The minimum atomic E-state index is -0.170. The molecule has 0 unspecified atom stereocenters. The molecular formula is C19H19BrN2O2. The molecule has 0 aromatic heterocycles. The molecule has 0 saturated heterocycles. The topological polar surface area (TPSA) is 53.3 Å². The van der Waals surface area contributed by atoms with Crippen molar-refractivity contribution in [2.24, 2.45) is 0 Å². The fourth-order valence-electron chi connectivity index (χ4n) is 2.21. The zero-order chi connectivity index (χ0) is 17.5. The molecule has 0 heterocycles. The molecule has 2 rings (SSSR count). The van der Waals surface area contributed by atoms with E-state index < -0.39 is 0 Å². The third kappa shape index (κ3) is 4.84. The zero-order valence-corrected chi connectivity index (χ0v) is 15.3. The molecule has 2 aromatic carbocycles. The number of carbonyl (C=O) groups excluding carboxylic acids is 1. The third-order valence-electron chi connectivity index (χ3n) is 3.73. The highest BCUT2D eigenvalue weighted by Crippen LogP contribution is 2.20. The first-order valence-electron chi connectivity index (χ1n) is 7.64. The number of anilines is 1. The van der Waals surface area contributed by atoms with Crippen LogP contribution in [0.1, 0.15) is 17.5 Å². The first kappa shape index (κ1) is 18.0. The molecule has 4 nitrogen and oxygen atoms in total. The lowest BCUT2D eigenvalue weighted by atomic mass is 10.1. The molecule has 0 radical (unpaired) electrons. The van der Waals surface area contributed by atoms with Crippen molar-refractivity contribution >= 4 is 27.5 Å². The molecule has 2 aromatic rings. The Hall–Kier alpha value is -2.32. The maximum absolute atomic E-state index is 12.6. The van der Waals surface area contributed by atoms with Crippen LogP contribution in [-0.4, -0.2) is 19.1 Å². The SMILES string of the molecule is Cc1ccc(N(CCC#N)C(=O)COc2ccc(Br)cc2)cc1C. The van der Waals surface area contributed by atoms with Crippen molar-refractivity contribution in [2.45, 2.75) is 20.3 Å². The van der Waals surface area contributed by atoms with Gasteiger partial charge >= 0.3 is 0 Å². The lowest BCUT2D eigenvalue weighted by Gasteiger charge is -2.22. The van der Waals surface area contributed by atoms with Crippen LogP contribution in [-0.2, 0) is 4.79 Å². The molecule has 0 saturated carbocycles. The Labute approximate surface area is 150 Å². The van der Waals surface area contributed by atoms with Gasteiger partial charge in [0.15, 0.2) is 6.61 Å². The van der Waals surface area contributed by atoms with E-state index in [0.717, 1.165) is 21.3 Å². The Balaban J connectivity index is 2.11. The monoisotopic (exact) mass is 386 g/mol. The molecule has 124 valence electrons. The summed E-state index contributed by atoms with van der Waals surface area (Å²) >= 11 is 3.36. The van der Waals surface area contributed by atoms with Crippen molar-refractivity contribution < 1.29 is 9.53 Å². The number of rotatable bonds is 6. The molecule has 0 N–H and O–H groups in total. The van der Waals surface area contributed by atoms with E-state index in [0.29, 0.717) is 12.3 Å². The van der Waals surface area contributed by atoms with Crippen molar-refractivity contribution in [3.05, 3.63) is 58.1 Å². The fourth-order valence-corrected chi connectivity index (χ4v) is 2.47. The Kier molecular flexibility index (Phi) is 6.39. The number of nitriles is 1. The largest absolute Gasteiger partial charge is 0.484 e. The summed E-state index contributed by atoms with van der Waals surface area (Å²) in [4.78, 5) is 14.2. The Bertz CT molecular complexity index is 751. The van der Waals surface area contributed by atoms with E-state index in [-0.39, 0.29) is 18.9 Å². The van der Waals surface area contributed by atoms with Crippen LogP contribution in [0.3, 0.4) is 0 Å². The molecule has 0 spiro atoms. The summed E-state index contributed by atoms with van der Waals surface area (Å²) in [5.74, 6) is 0.461. The highest BCUT2D eigenvalue weighted by molar-refractivity contribution is 9.10. The normalized spacial score (nSPS) is 10.1. The van der Waals surface area contributed by atoms with E-state index >= 15 is 0 Å². The number of nitrogens with zero attached hydrogens (tertiary/aromatic N) is 2. The van der Waals surface area contributed by atoms with Crippen LogP contribution in [0.2, 0.25) is 0 Å².